The monoisotopic (exact) mass is 351 g/mol. The van der Waals surface area contributed by atoms with E-state index in [1.54, 1.807) is 24.4 Å². The third-order valence-corrected chi connectivity index (χ3v) is 5.10. The van der Waals surface area contributed by atoms with E-state index in [4.69, 9.17) is 0 Å². The Balaban J connectivity index is 2.08. The normalized spacial score (nSPS) is 17.7. The average molecular weight is 351 g/mol. The molecule has 1 aliphatic rings. The van der Waals surface area contributed by atoms with E-state index < -0.39 is 11.9 Å². The molecule has 0 bridgehead atoms. The first-order valence-electron chi connectivity index (χ1n) is 7.65. The van der Waals surface area contributed by atoms with Crippen molar-refractivity contribution < 1.29 is 18.0 Å². The molecule has 2 nitrogen and oxygen atoms in total. The Labute approximate surface area is 142 Å². The molecule has 0 spiro atoms. The number of hydrogen-bond donors (Lipinski definition) is 0. The summed E-state index contributed by atoms with van der Waals surface area (Å²) in [6, 6.07) is 8.91. The van der Waals surface area contributed by atoms with Crippen LogP contribution in [0.2, 0.25) is 0 Å². The quantitative estimate of drug-likeness (QED) is 0.715. The predicted octanol–water partition coefficient (Wildman–Crippen LogP) is 5.17. The zero-order valence-electron chi connectivity index (χ0n) is 13.1. The number of halogens is 3. The van der Waals surface area contributed by atoms with Crippen LogP contribution in [0.15, 0.2) is 41.4 Å². The summed E-state index contributed by atoms with van der Waals surface area (Å²) >= 11 is 0.685. The summed E-state index contributed by atoms with van der Waals surface area (Å²) in [7, 11) is 0. The highest BCUT2D eigenvalue weighted by atomic mass is 32.2. The maximum Gasteiger partial charge on any atom is 0.398 e. The lowest BCUT2D eigenvalue weighted by atomic mass is 9.81. The van der Waals surface area contributed by atoms with Gasteiger partial charge in [-0.3, -0.25) is 9.78 Å². The first kappa shape index (κ1) is 17.0. The number of carbonyl (C=O) groups excluding carboxylic acids is 1. The number of thioether (sulfide) groups is 1. The van der Waals surface area contributed by atoms with Gasteiger partial charge in [0.15, 0.2) is 5.78 Å². The molecule has 1 heterocycles. The molecule has 0 N–H and O–H groups in total. The standard InChI is InChI=1S/C18H16F3NOS/c1-11-8-13-12(14-4-2-3-7-22-14)5-6-16(17(13)15(23)9-11)24-10-18(19,20)21/h2-7,11H,8-10H2,1H3. The number of benzene rings is 1. The molecule has 6 heteroatoms. The van der Waals surface area contributed by atoms with Crippen LogP contribution in [0.4, 0.5) is 13.2 Å². The lowest BCUT2D eigenvalue weighted by Gasteiger charge is -2.25. The van der Waals surface area contributed by atoms with Crippen molar-refractivity contribution in [3.8, 4) is 11.3 Å². The smallest absolute Gasteiger partial charge is 0.294 e. The Morgan fingerprint density at radius 1 is 1.21 bits per heavy atom. The highest BCUT2D eigenvalue weighted by Crippen LogP contribution is 2.39. The molecule has 0 aliphatic heterocycles. The summed E-state index contributed by atoms with van der Waals surface area (Å²) in [6.45, 7) is 1.98. The van der Waals surface area contributed by atoms with Crippen molar-refractivity contribution in [2.24, 2.45) is 5.92 Å². The fraction of sp³-hybridized carbons (Fsp3) is 0.333. The molecular formula is C18H16F3NOS. The average Bonchev–Trinajstić information content (AvgIpc) is 2.52. The van der Waals surface area contributed by atoms with Gasteiger partial charge in [-0.1, -0.05) is 19.1 Å². The minimum absolute atomic E-state index is 0.0776. The van der Waals surface area contributed by atoms with Crippen LogP contribution in [0.5, 0.6) is 0 Å². The third kappa shape index (κ3) is 3.64. The van der Waals surface area contributed by atoms with Crippen LogP contribution in [-0.2, 0) is 6.42 Å². The maximum atomic E-state index is 12.6. The van der Waals surface area contributed by atoms with Crippen LogP contribution >= 0.6 is 11.8 Å². The number of aromatic nitrogens is 1. The Hall–Kier alpha value is -1.82. The summed E-state index contributed by atoms with van der Waals surface area (Å²) in [4.78, 5) is 17.2. The van der Waals surface area contributed by atoms with Gasteiger partial charge < -0.3 is 0 Å². The maximum absolute atomic E-state index is 12.6. The Kier molecular flexibility index (Phi) is 4.67. The first-order valence-corrected chi connectivity index (χ1v) is 8.64. The minimum Gasteiger partial charge on any atom is -0.294 e. The number of fused-ring (bicyclic) bond motifs is 1. The van der Waals surface area contributed by atoms with Gasteiger partial charge in [-0.2, -0.15) is 13.2 Å². The summed E-state index contributed by atoms with van der Waals surface area (Å²) in [5.74, 6) is -0.896. The van der Waals surface area contributed by atoms with Crippen molar-refractivity contribution in [2.45, 2.75) is 30.8 Å². The van der Waals surface area contributed by atoms with E-state index in [0.717, 1.165) is 16.8 Å². The predicted molar refractivity (Wildman–Crippen MR) is 88.3 cm³/mol. The molecule has 3 rings (SSSR count). The number of alkyl halides is 3. The van der Waals surface area contributed by atoms with Gasteiger partial charge in [-0.15, -0.1) is 11.8 Å². The molecule has 1 aromatic heterocycles. The van der Waals surface area contributed by atoms with Gasteiger partial charge >= 0.3 is 6.18 Å². The molecule has 0 fully saturated rings. The van der Waals surface area contributed by atoms with E-state index in [0.29, 0.717) is 35.1 Å². The van der Waals surface area contributed by atoms with Gasteiger partial charge in [0.1, 0.15) is 0 Å². The SMILES string of the molecule is CC1CC(=O)c2c(SCC(F)(F)F)ccc(-c3ccccn3)c2C1. The highest BCUT2D eigenvalue weighted by Gasteiger charge is 2.31. The number of nitrogens with zero attached hydrogens (tertiary/aromatic N) is 1. The Morgan fingerprint density at radius 3 is 2.67 bits per heavy atom. The largest absolute Gasteiger partial charge is 0.398 e. The third-order valence-electron chi connectivity index (χ3n) is 3.97. The number of carbonyl (C=O) groups is 1. The van der Waals surface area contributed by atoms with Crippen LogP contribution < -0.4 is 0 Å². The number of rotatable bonds is 3. The van der Waals surface area contributed by atoms with Crippen LogP contribution in [-0.4, -0.2) is 22.7 Å². The van der Waals surface area contributed by atoms with E-state index in [1.807, 2.05) is 19.1 Å². The Morgan fingerprint density at radius 2 is 2.00 bits per heavy atom. The molecule has 24 heavy (non-hydrogen) atoms. The molecule has 1 aromatic carbocycles. The van der Waals surface area contributed by atoms with Crippen molar-refractivity contribution in [3.05, 3.63) is 47.7 Å². The van der Waals surface area contributed by atoms with Crippen molar-refractivity contribution in [1.29, 1.82) is 0 Å². The van der Waals surface area contributed by atoms with E-state index in [1.165, 1.54) is 0 Å². The number of ketones is 1. The van der Waals surface area contributed by atoms with E-state index in [9.17, 15) is 18.0 Å². The highest BCUT2D eigenvalue weighted by molar-refractivity contribution is 7.99. The summed E-state index contributed by atoms with van der Waals surface area (Å²) in [6.07, 6.45) is -1.55. The van der Waals surface area contributed by atoms with E-state index >= 15 is 0 Å². The zero-order valence-corrected chi connectivity index (χ0v) is 13.9. The lowest BCUT2D eigenvalue weighted by molar-refractivity contribution is -0.105. The van der Waals surface area contributed by atoms with Gasteiger partial charge in [-0.25, -0.2) is 0 Å². The van der Waals surface area contributed by atoms with Gasteiger partial charge in [0.2, 0.25) is 0 Å². The molecule has 2 aromatic rings. The van der Waals surface area contributed by atoms with Crippen molar-refractivity contribution in [2.75, 3.05) is 5.75 Å². The molecule has 0 amide bonds. The second-order valence-corrected chi connectivity index (χ2v) is 7.04. The van der Waals surface area contributed by atoms with Crippen molar-refractivity contribution in [1.82, 2.24) is 4.98 Å². The fourth-order valence-corrected chi connectivity index (χ4v) is 3.89. The molecule has 0 saturated heterocycles. The molecule has 0 radical (unpaired) electrons. The van der Waals surface area contributed by atoms with Crippen LogP contribution in [0.25, 0.3) is 11.3 Å². The van der Waals surface area contributed by atoms with Gasteiger partial charge in [0, 0.05) is 28.6 Å². The zero-order chi connectivity index (χ0) is 17.3. The summed E-state index contributed by atoms with van der Waals surface area (Å²) in [5, 5.41) is 0. The van der Waals surface area contributed by atoms with Gasteiger partial charge in [-0.05, 0) is 36.1 Å². The van der Waals surface area contributed by atoms with Gasteiger partial charge in [0.05, 0.1) is 11.4 Å². The molecule has 126 valence electrons. The second kappa shape index (κ2) is 6.59. The number of Topliss-reactive ketones (excluding diaryl/α,β-unsaturated/α-hetero) is 1. The van der Waals surface area contributed by atoms with Crippen LogP contribution in [0, 0.1) is 5.92 Å². The molecule has 0 saturated carbocycles. The summed E-state index contributed by atoms with van der Waals surface area (Å²) in [5.41, 5.74) is 2.85. The van der Waals surface area contributed by atoms with E-state index in [2.05, 4.69) is 4.98 Å². The second-order valence-electron chi connectivity index (χ2n) is 6.02. The number of pyridine rings is 1. The number of hydrogen-bond acceptors (Lipinski definition) is 3. The van der Waals surface area contributed by atoms with Crippen LogP contribution in [0.3, 0.4) is 0 Å². The lowest BCUT2D eigenvalue weighted by Crippen LogP contribution is -2.20. The van der Waals surface area contributed by atoms with Crippen LogP contribution in [0.1, 0.15) is 29.3 Å². The van der Waals surface area contributed by atoms with Gasteiger partial charge in [0.25, 0.3) is 0 Å². The first-order chi connectivity index (χ1) is 11.3. The molecule has 1 atom stereocenters. The Bertz CT molecular complexity index is 759. The molecule has 1 aliphatic carbocycles. The van der Waals surface area contributed by atoms with Crippen molar-refractivity contribution >= 4 is 17.5 Å². The molecular weight excluding hydrogens is 335 g/mol. The fourth-order valence-electron chi connectivity index (χ4n) is 3.03. The molecule has 1 unspecified atom stereocenters. The summed E-state index contributed by atoms with van der Waals surface area (Å²) < 4.78 is 37.7. The minimum atomic E-state index is -4.26. The van der Waals surface area contributed by atoms with E-state index in [-0.39, 0.29) is 11.7 Å². The topological polar surface area (TPSA) is 30.0 Å². The van der Waals surface area contributed by atoms with Crippen molar-refractivity contribution in [3.63, 3.8) is 0 Å².